The molecule has 1 atom stereocenters. The molecule has 0 radical (unpaired) electrons. The first-order valence-corrected chi connectivity index (χ1v) is 6.41. The molecule has 1 fully saturated rings. The monoisotopic (exact) mass is 247 g/mol. The van der Waals surface area contributed by atoms with Crippen LogP contribution in [0, 0.1) is 12.8 Å². The predicted octanol–water partition coefficient (Wildman–Crippen LogP) is 1.83. The van der Waals surface area contributed by atoms with Crippen LogP contribution in [0.5, 0.6) is 0 Å². The van der Waals surface area contributed by atoms with Crippen LogP contribution in [0.2, 0.25) is 0 Å². The average molecular weight is 247 g/mol. The summed E-state index contributed by atoms with van der Waals surface area (Å²) in [6, 6.07) is 8.15. The van der Waals surface area contributed by atoms with Crippen LogP contribution in [0.1, 0.15) is 12.0 Å². The zero-order valence-electron chi connectivity index (χ0n) is 11.1. The van der Waals surface area contributed by atoms with E-state index in [0.717, 1.165) is 25.2 Å². The van der Waals surface area contributed by atoms with Crippen molar-refractivity contribution in [2.75, 3.05) is 31.6 Å². The Morgan fingerprint density at radius 3 is 2.83 bits per heavy atom. The molecule has 0 saturated carbocycles. The van der Waals surface area contributed by atoms with E-state index in [1.807, 2.05) is 37.1 Å². The van der Waals surface area contributed by atoms with Crippen LogP contribution in [0.25, 0.3) is 0 Å². The molecule has 2 amide bonds. The number of nitrogens with two attached hydrogens (primary N) is 1. The van der Waals surface area contributed by atoms with E-state index in [0.29, 0.717) is 12.5 Å². The number of hydrogen-bond donors (Lipinski definition) is 1. The number of aryl methyl sites for hydroxylation is 1. The van der Waals surface area contributed by atoms with E-state index in [1.165, 1.54) is 5.56 Å². The van der Waals surface area contributed by atoms with Gasteiger partial charge in [0.1, 0.15) is 0 Å². The SMILES string of the molecule is Cc1cccc(N2CC(CCN)CN(C)C2=O)c1. The largest absolute Gasteiger partial charge is 0.330 e. The second-order valence-corrected chi connectivity index (χ2v) is 5.06. The van der Waals surface area contributed by atoms with Gasteiger partial charge in [-0.1, -0.05) is 12.1 Å². The third kappa shape index (κ3) is 2.64. The van der Waals surface area contributed by atoms with Crippen LogP contribution >= 0.6 is 0 Å². The summed E-state index contributed by atoms with van der Waals surface area (Å²) >= 11 is 0. The van der Waals surface area contributed by atoms with Gasteiger partial charge in [0, 0.05) is 25.8 Å². The zero-order valence-corrected chi connectivity index (χ0v) is 11.1. The molecule has 18 heavy (non-hydrogen) atoms. The minimum Gasteiger partial charge on any atom is -0.330 e. The van der Waals surface area contributed by atoms with Crippen molar-refractivity contribution in [3.8, 4) is 0 Å². The molecule has 1 aromatic carbocycles. The summed E-state index contributed by atoms with van der Waals surface area (Å²) in [4.78, 5) is 15.8. The smallest absolute Gasteiger partial charge is 0.324 e. The Morgan fingerprint density at radius 2 is 2.17 bits per heavy atom. The van der Waals surface area contributed by atoms with Gasteiger partial charge in [-0.25, -0.2) is 4.79 Å². The summed E-state index contributed by atoms with van der Waals surface area (Å²) in [5.41, 5.74) is 7.78. The first kappa shape index (κ1) is 12.9. The van der Waals surface area contributed by atoms with E-state index in [9.17, 15) is 4.79 Å². The number of urea groups is 1. The Labute approximate surface area is 108 Å². The summed E-state index contributed by atoms with van der Waals surface area (Å²) in [5, 5.41) is 0. The number of carbonyl (C=O) groups excluding carboxylic acids is 1. The average Bonchev–Trinajstić information content (AvgIpc) is 2.34. The zero-order chi connectivity index (χ0) is 13.1. The summed E-state index contributed by atoms with van der Waals surface area (Å²) in [6.45, 7) is 4.29. The molecule has 98 valence electrons. The second kappa shape index (κ2) is 5.40. The van der Waals surface area contributed by atoms with Crippen LogP contribution in [0.4, 0.5) is 10.5 Å². The molecule has 0 aliphatic carbocycles. The van der Waals surface area contributed by atoms with Gasteiger partial charge < -0.3 is 10.6 Å². The number of rotatable bonds is 3. The highest BCUT2D eigenvalue weighted by Gasteiger charge is 2.29. The standard InChI is InChI=1S/C14H21N3O/c1-11-4-3-5-13(8-11)17-10-12(6-7-15)9-16(2)14(17)18/h3-5,8,12H,6-7,9-10,15H2,1-2H3. The lowest BCUT2D eigenvalue weighted by Crippen LogP contribution is -2.52. The summed E-state index contributed by atoms with van der Waals surface area (Å²) < 4.78 is 0. The van der Waals surface area contributed by atoms with E-state index in [4.69, 9.17) is 5.73 Å². The fourth-order valence-corrected chi connectivity index (χ4v) is 2.50. The maximum Gasteiger partial charge on any atom is 0.324 e. The van der Waals surface area contributed by atoms with Gasteiger partial charge in [-0.3, -0.25) is 4.90 Å². The highest BCUT2D eigenvalue weighted by Crippen LogP contribution is 2.23. The molecule has 1 unspecified atom stereocenters. The second-order valence-electron chi connectivity index (χ2n) is 5.06. The molecule has 0 bridgehead atoms. The molecular weight excluding hydrogens is 226 g/mol. The number of nitrogens with zero attached hydrogens (tertiary/aromatic N) is 2. The quantitative estimate of drug-likeness (QED) is 0.886. The van der Waals surface area contributed by atoms with Crippen LogP contribution in [-0.2, 0) is 0 Å². The summed E-state index contributed by atoms with van der Waals surface area (Å²) in [6.07, 6.45) is 0.958. The van der Waals surface area contributed by atoms with Gasteiger partial charge in [-0.15, -0.1) is 0 Å². The Kier molecular flexibility index (Phi) is 3.87. The number of hydrogen-bond acceptors (Lipinski definition) is 2. The van der Waals surface area contributed by atoms with E-state index in [2.05, 4.69) is 6.07 Å². The first-order chi connectivity index (χ1) is 8.61. The molecule has 1 aliphatic heterocycles. The lowest BCUT2D eigenvalue weighted by Gasteiger charge is -2.38. The molecule has 0 spiro atoms. The van der Waals surface area contributed by atoms with E-state index in [1.54, 1.807) is 4.90 Å². The minimum atomic E-state index is 0.0777. The van der Waals surface area contributed by atoms with Crippen molar-refractivity contribution in [3.63, 3.8) is 0 Å². The Balaban J connectivity index is 2.21. The number of anilines is 1. The van der Waals surface area contributed by atoms with Gasteiger partial charge >= 0.3 is 6.03 Å². The summed E-state index contributed by atoms with van der Waals surface area (Å²) in [5.74, 6) is 0.457. The molecule has 4 heteroatoms. The van der Waals surface area contributed by atoms with Crippen molar-refractivity contribution in [2.45, 2.75) is 13.3 Å². The lowest BCUT2D eigenvalue weighted by molar-refractivity contribution is 0.191. The number of benzene rings is 1. The van der Waals surface area contributed by atoms with Gasteiger partial charge in [0.05, 0.1) is 0 Å². The number of carbonyl (C=O) groups is 1. The van der Waals surface area contributed by atoms with Gasteiger partial charge in [-0.05, 0) is 43.5 Å². The lowest BCUT2D eigenvalue weighted by atomic mass is 10.0. The van der Waals surface area contributed by atoms with Crippen LogP contribution in [0.3, 0.4) is 0 Å². The van der Waals surface area contributed by atoms with Crippen molar-refractivity contribution in [2.24, 2.45) is 11.7 Å². The highest BCUT2D eigenvalue weighted by molar-refractivity contribution is 5.92. The summed E-state index contributed by atoms with van der Waals surface area (Å²) in [7, 11) is 1.85. The van der Waals surface area contributed by atoms with Crippen molar-refractivity contribution in [1.29, 1.82) is 0 Å². The van der Waals surface area contributed by atoms with Crippen LogP contribution < -0.4 is 10.6 Å². The van der Waals surface area contributed by atoms with Gasteiger partial charge in [-0.2, -0.15) is 0 Å². The Bertz CT molecular complexity index is 433. The highest BCUT2D eigenvalue weighted by atomic mass is 16.2. The molecule has 1 aliphatic rings. The third-order valence-corrected chi connectivity index (χ3v) is 3.42. The van der Waals surface area contributed by atoms with Crippen molar-refractivity contribution in [1.82, 2.24) is 4.90 Å². The fraction of sp³-hybridized carbons (Fsp3) is 0.500. The molecule has 0 aromatic heterocycles. The van der Waals surface area contributed by atoms with E-state index in [-0.39, 0.29) is 6.03 Å². The molecule has 1 aromatic rings. The molecular formula is C14H21N3O. The van der Waals surface area contributed by atoms with Crippen LogP contribution in [-0.4, -0.2) is 37.6 Å². The van der Waals surface area contributed by atoms with Crippen molar-refractivity contribution >= 4 is 11.7 Å². The molecule has 2 N–H and O–H groups in total. The maximum atomic E-state index is 12.2. The van der Waals surface area contributed by atoms with Crippen LogP contribution in [0.15, 0.2) is 24.3 Å². The molecule has 1 saturated heterocycles. The first-order valence-electron chi connectivity index (χ1n) is 6.41. The normalized spacial score (nSPS) is 20.4. The molecule has 1 heterocycles. The Hall–Kier alpha value is -1.55. The third-order valence-electron chi connectivity index (χ3n) is 3.42. The fourth-order valence-electron chi connectivity index (χ4n) is 2.50. The van der Waals surface area contributed by atoms with Gasteiger partial charge in [0.25, 0.3) is 0 Å². The number of amides is 2. The van der Waals surface area contributed by atoms with Crippen molar-refractivity contribution < 1.29 is 4.79 Å². The van der Waals surface area contributed by atoms with Gasteiger partial charge in [0.15, 0.2) is 0 Å². The topological polar surface area (TPSA) is 49.6 Å². The molecule has 2 rings (SSSR count). The van der Waals surface area contributed by atoms with E-state index >= 15 is 0 Å². The van der Waals surface area contributed by atoms with Gasteiger partial charge in [0.2, 0.25) is 0 Å². The predicted molar refractivity (Wildman–Crippen MR) is 73.7 cm³/mol. The minimum absolute atomic E-state index is 0.0777. The molecule has 4 nitrogen and oxygen atoms in total. The van der Waals surface area contributed by atoms with Crippen molar-refractivity contribution in [3.05, 3.63) is 29.8 Å². The Morgan fingerprint density at radius 1 is 1.39 bits per heavy atom. The van der Waals surface area contributed by atoms with E-state index < -0.39 is 0 Å². The maximum absolute atomic E-state index is 12.2.